The normalized spacial score (nSPS) is 27.9. The van der Waals surface area contributed by atoms with Gasteiger partial charge in [-0.15, -0.1) is 0 Å². The van der Waals surface area contributed by atoms with Crippen molar-refractivity contribution in [2.75, 3.05) is 26.2 Å². The summed E-state index contributed by atoms with van der Waals surface area (Å²) >= 11 is 0. The van der Waals surface area contributed by atoms with E-state index in [1.54, 1.807) is 0 Å². The number of hydrogen-bond donors (Lipinski definition) is 1. The van der Waals surface area contributed by atoms with Crippen LogP contribution in [0.1, 0.15) is 47.5 Å². The second-order valence-electron chi connectivity index (χ2n) is 5.76. The molecule has 1 aliphatic heterocycles. The molecule has 16 heavy (non-hydrogen) atoms. The highest BCUT2D eigenvalue weighted by Crippen LogP contribution is 2.35. The number of rotatable bonds is 6. The summed E-state index contributed by atoms with van der Waals surface area (Å²) in [6, 6.07) is 0.723. The van der Waals surface area contributed by atoms with E-state index >= 15 is 0 Å². The van der Waals surface area contributed by atoms with Gasteiger partial charge in [-0.1, -0.05) is 27.7 Å². The molecular formula is C14H30N2. The summed E-state index contributed by atoms with van der Waals surface area (Å²) in [4.78, 5) is 2.66. The second-order valence-corrected chi connectivity index (χ2v) is 5.76. The van der Waals surface area contributed by atoms with Crippen LogP contribution in [0.25, 0.3) is 0 Å². The van der Waals surface area contributed by atoms with Crippen LogP contribution in [0.2, 0.25) is 0 Å². The van der Waals surface area contributed by atoms with E-state index in [9.17, 15) is 0 Å². The molecule has 2 unspecified atom stereocenters. The minimum atomic E-state index is 0.513. The fourth-order valence-electron chi connectivity index (χ4n) is 2.82. The van der Waals surface area contributed by atoms with Gasteiger partial charge in [-0.05, 0) is 44.2 Å². The van der Waals surface area contributed by atoms with E-state index in [-0.39, 0.29) is 0 Å². The molecule has 0 bridgehead atoms. The SMILES string of the molecule is CCC(C)N(CC)CC1(C(C)C)CCNC1. The average molecular weight is 226 g/mol. The van der Waals surface area contributed by atoms with Gasteiger partial charge in [0.1, 0.15) is 0 Å². The van der Waals surface area contributed by atoms with Crippen molar-refractivity contribution in [3.05, 3.63) is 0 Å². The topological polar surface area (TPSA) is 15.3 Å². The molecule has 2 atom stereocenters. The van der Waals surface area contributed by atoms with Crippen LogP contribution in [0.3, 0.4) is 0 Å². The molecule has 2 nitrogen and oxygen atoms in total. The fourth-order valence-corrected chi connectivity index (χ4v) is 2.82. The predicted molar refractivity (Wildman–Crippen MR) is 71.8 cm³/mol. The van der Waals surface area contributed by atoms with E-state index in [0.29, 0.717) is 5.41 Å². The van der Waals surface area contributed by atoms with Crippen LogP contribution in [-0.2, 0) is 0 Å². The lowest BCUT2D eigenvalue weighted by molar-refractivity contribution is 0.0931. The van der Waals surface area contributed by atoms with Crippen molar-refractivity contribution in [2.24, 2.45) is 11.3 Å². The molecule has 1 rings (SSSR count). The van der Waals surface area contributed by atoms with E-state index < -0.39 is 0 Å². The zero-order valence-corrected chi connectivity index (χ0v) is 11.8. The summed E-state index contributed by atoms with van der Waals surface area (Å²) in [5, 5.41) is 3.55. The number of hydrogen-bond acceptors (Lipinski definition) is 2. The lowest BCUT2D eigenvalue weighted by Crippen LogP contribution is -2.45. The summed E-state index contributed by atoms with van der Waals surface area (Å²) in [7, 11) is 0. The zero-order valence-electron chi connectivity index (χ0n) is 11.8. The third-order valence-corrected chi connectivity index (χ3v) is 4.64. The van der Waals surface area contributed by atoms with Crippen LogP contribution in [-0.4, -0.2) is 37.1 Å². The Morgan fingerprint density at radius 2 is 1.94 bits per heavy atom. The summed E-state index contributed by atoms with van der Waals surface area (Å²) in [5.74, 6) is 0.778. The molecule has 0 aromatic heterocycles. The van der Waals surface area contributed by atoms with Crippen molar-refractivity contribution in [2.45, 2.75) is 53.5 Å². The van der Waals surface area contributed by atoms with Crippen molar-refractivity contribution >= 4 is 0 Å². The Hall–Kier alpha value is -0.0800. The van der Waals surface area contributed by atoms with Crippen LogP contribution >= 0.6 is 0 Å². The molecule has 1 aliphatic rings. The molecule has 1 fully saturated rings. The first kappa shape index (κ1) is 14.0. The highest BCUT2D eigenvalue weighted by molar-refractivity contribution is 4.93. The van der Waals surface area contributed by atoms with Crippen molar-refractivity contribution < 1.29 is 0 Å². The average Bonchev–Trinajstić information content (AvgIpc) is 2.74. The first-order chi connectivity index (χ1) is 7.55. The van der Waals surface area contributed by atoms with Gasteiger partial charge in [-0.3, -0.25) is 0 Å². The summed E-state index contributed by atoms with van der Waals surface area (Å²) < 4.78 is 0. The maximum atomic E-state index is 3.55. The van der Waals surface area contributed by atoms with E-state index in [1.165, 1.54) is 39.0 Å². The highest BCUT2D eigenvalue weighted by Gasteiger charge is 2.38. The Bertz CT molecular complexity index is 195. The van der Waals surface area contributed by atoms with Crippen LogP contribution in [0.15, 0.2) is 0 Å². The quantitative estimate of drug-likeness (QED) is 0.749. The van der Waals surface area contributed by atoms with Crippen molar-refractivity contribution in [3.63, 3.8) is 0 Å². The van der Waals surface area contributed by atoms with E-state index in [2.05, 4.69) is 44.8 Å². The standard InChI is InChI=1S/C14H30N2/c1-6-13(5)16(7-2)11-14(12(3)4)8-9-15-10-14/h12-13,15H,6-11H2,1-5H3. The molecule has 2 heteroatoms. The molecule has 0 aliphatic carbocycles. The first-order valence-electron chi connectivity index (χ1n) is 7.00. The van der Waals surface area contributed by atoms with Crippen LogP contribution in [0.5, 0.6) is 0 Å². The summed E-state index contributed by atoms with van der Waals surface area (Å²) in [5.41, 5.74) is 0.513. The zero-order chi connectivity index (χ0) is 12.2. The summed E-state index contributed by atoms with van der Waals surface area (Å²) in [6.07, 6.45) is 2.60. The maximum absolute atomic E-state index is 3.55. The second kappa shape index (κ2) is 6.02. The van der Waals surface area contributed by atoms with Gasteiger partial charge >= 0.3 is 0 Å². The van der Waals surface area contributed by atoms with Gasteiger partial charge in [-0.25, -0.2) is 0 Å². The lowest BCUT2D eigenvalue weighted by atomic mass is 9.75. The Morgan fingerprint density at radius 1 is 1.25 bits per heavy atom. The molecule has 0 amide bonds. The van der Waals surface area contributed by atoms with Crippen LogP contribution in [0, 0.1) is 11.3 Å². The largest absolute Gasteiger partial charge is 0.316 e. The molecule has 0 spiro atoms. The van der Waals surface area contributed by atoms with Crippen molar-refractivity contribution in [3.8, 4) is 0 Å². The maximum Gasteiger partial charge on any atom is 0.00644 e. The minimum Gasteiger partial charge on any atom is -0.316 e. The van der Waals surface area contributed by atoms with Gasteiger partial charge in [0.2, 0.25) is 0 Å². The molecule has 0 radical (unpaired) electrons. The molecule has 0 saturated carbocycles. The molecule has 1 N–H and O–H groups in total. The molecule has 1 saturated heterocycles. The Kier molecular flexibility index (Phi) is 5.26. The van der Waals surface area contributed by atoms with Gasteiger partial charge in [0.05, 0.1) is 0 Å². The predicted octanol–water partition coefficient (Wildman–Crippen LogP) is 2.74. The van der Waals surface area contributed by atoms with E-state index in [1.807, 2.05) is 0 Å². The van der Waals surface area contributed by atoms with Crippen LogP contribution in [0.4, 0.5) is 0 Å². The molecule has 96 valence electrons. The monoisotopic (exact) mass is 226 g/mol. The lowest BCUT2D eigenvalue weighted by Gasteiger charge is -2.40. The van der Waals surface area contributed by atoms with E-state index in [4.69, 9.17) is 0 Å². The Balaban J connectivity index is 2.66. The van der Waals surface area contributed by atoms with Crippen molar-refractivity contribution in [1.29, 1.82) is 0 Å². The van der Waals surface area contributed by atoms with Crippen LogP contribution < -0.4 is 5.32 Å². The van der Waals surface area contributed by atoms with Gasteiger partial charge in [0.15, 0.2) is 0 Å². The third kappa shape index (κ3) is 2.98. The molecule has 1 heterocycles. The summed E-state index contributed by atoms with van der Waals surface area (Å²) in [6.45, 7) is 16.6. The molecule has 0 aromatic rings. The van der Waals surface area contributed by atoms with Crippen molar-refractivity contribution in [1.82, 2.24) is 10.2 Å². The molecule has 0 aromatic carbocycles. The Labute approximate surface area is 102 Å². The van der Waals surface area contributed by atoms with E-state index in [0.717, 1.165) is 12.0 Å². The van der Waals surface area contributed by atoms with Gasteiger partial charge in [0.25, 0.3) is 0 Å². The Morgan fingerprint density at radius 3 is 2.31 bits per heavy atom. The minimum absolute atomic E-state index is 0.513. The van der Waals surface area contributed by atoms with Gasteiger partial charge in [0, 0.05) is 19.1 Å². The fraction of sp³-hybridized carbons (Fsp3) is 1.00. The smallest absolute Gasteiger partial charge is 0.00644 e. The number of nitrogens with one attached hydrogen (secondary N) is 1. The third-order valence-electron chi connectivity index (χ3n) is 4.64. The highest BCUT2D eigenvalue weighted by atomic mass is 15.2. The number of nitrogens with zero attached hydrogens (tertiary/aromatic N) is 1. The van der Waals surface area contributed by atoms with Gasteiger partial charge in [-0.2, -0.15) is 0 Å². The first-order valence-corrected chi connectivity index (χ1v) is 7.00. The van der Waals surface area contributed by atoms with Gasteiger partial charge < -0.3 is 10.2 Å². The molecular weight excluding hydrogens is 196 g/mol.